The molecule has 0 atom stereocenters. The Morgan fingerprint density at radius 3 is 2.55 bits per heavy atom. The standard InChI is InChI=1S/C17H20N2S/c1-13-7-5-11-15(17(18)20)16(13)19-12-6-10-14-8-3-2-4-9-14/h2-5,7-9,11,19H,6,10,12H2,1H3,(H2,18,20). The number of hydrogen-bond donors (Lipinski definition) is 2. The van der Waals surface area contributed by atoms with Crippen LogP contribution in [0.15, 0.2) is 48.5 Å². The maximum atomic E-state index is 5.77. The Bertz CT molecular complexity index is 579. The number of thiocarbonyl (C=S) groups is 1. The predicted molar refractivity (Wildman–Crippen MR) is 90.3 cm³/mol. The first-order valence-corrected chi connectivity index (χ1v) is 7.26. The third kappa shape index (κ3) is 3.81. The number of nitrogens with one attached hydrogen (secondary N) is 1. The molecule has 0 bridgehead atoms. The molecular weight excluding hydrogens is 264 g/mol. The predicted octanol–water partition coefficient (Wildman–Crippen LogP) is 3.67. The van der Waals surface area contributed by atoms with Gasteiger partial charge in [0.2, 0.25) is 0 Å². The summed E-state index contributed by atoms with van der Waals surface area (Å²) in [5.74, 6) is 0. The number of nitrogens with two attached hydrogens (primary N) is 1. The van der Waals surface area contributed by atoms with Crippen molar-refractivity contribution >= 4 is 22.9 Å². The maximum absolute atomic E-state index is 5.77. The van der Waals surface area contributed by atoms with Crippen molar-refractivity contribution in [2.45, 2.75) is 19.8 Å². The molecule has 0 heterocycles. The minimum atomic E-state index is 0.444. The van der Waals surface area contributed by atoms with Gasteiger partial charge in [0.15, 0.2) is 0 Å². The van der Waals surface area contributed by atoms with E-state index in [2.05, 4.69) is 42.6 Å². The number of aryl methyl sites for hydroxylation is 2. The van der Waals surface area contributed by atoms with Gasteiger partial charge in [0, 0.05) is 17.8 Å². The van der Waals surface area contributed by atoms with Crippen LogP contribution >= 0.6 is 12.2 Å². The van der Waals surface area contributed by atoms with Crippen molar-refractivity contribution in [3.8, 4) is 0 Å². The third-order valence-corrected chi connectivity index (χ3v) is 3.54. The molecule has 0 radical (unpaired) electrons. The second-order valence-electron chi connectivity index (χ2n) is 4.88. The summed E-state index contributed by atoms with van der Waals surface area (Å²) in [5, 5.41) is 3.47. The van der Waals surface area contributed by atoms with Crippen LogP contribution in [0.4, 0.5) is 5.69 Å². The van der Waals surface area contributed by atoms with Crippen LogP contribution in [0, 0.1) is 6.92 Å². The molecule has 2 aromatic carbocycles. The van der Waals surface area contributed by atoms with Crippen molar-refractivity contribution in [3.63, 3.8) is 0 Å². The van der Waals surface area contributed by atoms with E-state index in [1.807, 2.05) is 18.2 Å². The van der Waals surface area contributed by atoms with Gasteiger partial charge in [-0.1, -0.05) is 54.7 Å². The van der Waals surface area contributed by atoms with Crippen LogP contribution in [0.5, 0.6) is 0 Å². The molecule has 2 rings (SSSR count). The first-order chi connectivity index (χ1) is 9.68. The van der Waals surface area contributed by atoms with Gasteiger partial charge in [-0.05, 0) is 37.0 Å². The minimum Gasteiger partial charge on any atom is -0.389 e. The van der Waals surface area contributed by atoms with Crippen molar-refractivity contribution < 1.29 is 0 Å². The van der Waals surface area contributed by atoms with E-state index < -0.39 is 0 Å². The molecule has 0 spiro atoms. The lowest BCUT2D eigenvalue weighted by Crippen LogP contribution is -2.15. The van der Waals surface area contributed by atoms with Gasteiger partial charge in [0.25, 0.3) is 0 Å². The van der Waals surface area contributed by atoms with Crippen LogP contribution in [0.25, 0.3) is 0 Å². The van der Waals surface area contributed by atoms with Crippen LogP contribution in [0.3, 0.4) is 0 Å². The van der Waals surface area contributed by atoms with E-state index in [1.54, 1.807) is 0 Å². The van der Waals surface area contributed by atoms with Crippen LogP contribution < -0.4 is 11.1 Å². The lowest BCUT2D eigenvalue weighted by atomic mass is 10.1. The van der Waals surface area contributed by atoms with Gasteiger partial charge >= 0.3 is 0 Å². The topological polar surface area (TPSA) is 38.0 Å². The van der Waals surface area contributed by atoms with E-state index in [-0.39, 0.29) is 0 Å². The molecule has 0 fully saturated rings. The zero-order valence-corrected chi connectivity index (χ0v) is 12.5. The molecule has 3 heteroatoms. The molecule has 2 aromatic rings. The lowest BCUT2D eigenvalue weighted by molar-refractivity contribution is 0.862. The summed E-state index contributed by atoms with van der Waals surface area (Å²) in [7, 11) is 0. The number of anilines is 1. The molecule has 0 aliphatic carbocycles. The van der Waals surface area contributed by atoms with E-state index >= 15 is 0 Å². The van der Waals surface area contributed by atoms with Gasteiger partial charge in [0.05, 0.1) is 0 Å². The summed E-state index contributed by atoms with van der Waals surface area (Å²) in [5.41, 5.74) is 10.3. The molecular formula is C17H20N2S. The lowest BCUT2D eigenvalue weighted by Gasteiger charge is -2.14. The average Bonchev–Trinajstić information content (AvgIpc) is 2.45. The van der Waals surface area contributed by atoms with E-state index in [0.717, 1.165) is 30.6 Å². The first-order valence-electron chi connectivity index (χ1n) is 6.85. The van der Waals surface area contributed by atoms with E-state index in [0.29, 0.717) is 4.99 Å². The van der Waals surface area contributed by atoms with Crippen molar-refractivity contribution in [3.05, 3.63) is 65.2 Å². The zero-order valence-electron chi connectivity index (χ0n) is 11.7. The highest BCUT2D eigenvalue weighted by atomic mass is 32.1. The van der Waals surface area contributed by atoms with E-state index in [9.17, 15) is 0 Å². The van der Waals surface area contributed by atoms with Gasteiger partial charge in [-0.15, -0.1) is 0 Å². The number of rotatable bonds is 6. The molecule has 3 N–H and O–H groups in total. The number of hydrogen-bond acceptors (Lipinski definition) is 2. The van der Waals surface area contributed by atoms with Crippen molar-refractivity contribution in [2.75, 3.05) is 11.9 Å². The first kappa shape index (κ1) is 14.5. The SMILES string of the molecule is Cc1cccc(C(N)=S)c1NCCCc1ccccc1. The Labute approximate surface area is 126 Å². The van der Waals surface area contributed by atoms with Gasteiger partial charge in [-0.3, -0.25) is 0 Å². The normalized spacial score (nSPS) is 10.2. The van der Waals surface area contributed by atoms with Crippen molar-refractivity contribution in [1.29, 1.82) is 0 Å². The largest absolute Gasteiger partial charge is 0.389 e. The fourth-order valence-corrected chi connectivity index (χ4v) is 2.43. The Kier molecular flexibility index (Phi) is 5.13. The Morgan fingerprint density at radius 1 is 1.10 bits per heavy atom. The number of benzene rings is 2. The smallest absolute Gasteiger partial charge is 0.106 e. The fourth-order valence-electron chi connectivity index (χ4n) is 2.26. The Hall–Kier alpha value is -1.87. The molecule has 0 saturated carbocycles. The summed E-state index contributed by atoms with van der Waals surface area (Å²) in [6, 6.07) is 16.5. The van der Waals surface area contributed by atoms with E-state index in [4.69, 9.17) is 18.0 Å². The highest BCUT2D eigenvalue weighted by molar-refractivity contribution is 7.80. The minimum absolute atomic E-state index is 0.444. The Balaban J connectivity index is 1.93. The molecule has 0 aliphatic rings. The highest BCUT2D eigenvalue weighted by Gasteiger charge is 2.06. The summed E-state index contributed by atoms with van der Waals surface area (Å²) >= 11 is 5.10. The Morgan fingerprint density at radius 2 is 1.85 bits per heavy atom. The molecule has 0 unspecified atom stereocenters. The highest BCUT2D eigenvalue weighted by Crippen LogP contribution is 2.20. The average molecular weight is 284 g/mol. The molecule has 0 aliphatic heterocycles. The van der Waals surface area contributed by atoms with Crippen LogP contribution in [-0.2, 0) is 6.42 Å². The quantitative estimate of drug-likeness (QED) is 0.628. The van der Waals surface area contributed by atoms with E-state index in [1.165, 1.54) is 11.1 Å². The summed E-state index contributed by atoms with van der Waals surface area (Å²) in [6.45, 7) is 2.98. The summed E-state index contributed by atoms with van der Waals surface area (Å²) in [6.07, 6.45) is 2.15. The monoisotopic (exact) mass is 284 g/mol. The second-order valence-corrected chi connectivity index (χ2v) is 5.32. The molecule has 20 heavy (non-hydrogen) atoms. The van der Waals surface area contributed by atoms with Gasteiger partial charge in [-0.2, -0.15) is 0 Å². The number of para-hydroxylation sites is 1. The van der Waals surface area contributed by atoms with Gasteiger partial charge < -0.3 is 11.1 Å². The van der Waals surface area contributed by atoms with Crippen molar-refractivity contribution in [2.24, 2.45) is 5.73 Å². The zero-order chi connectivity index (χ0) is 14.4. The molecule has 0 saturated heterocycles. The van der Waals surface area contributed by atoms with Crippen LogP contribution in [0.1, 0.15) is 23.1 Å². The van der Waals surface area contributed by atoms with Crippen LogP contribution in [0.2, 0.25) is 0 Å². The van der Waals surface area contributed by atoms with Crippen LogP contribution in [-0.4, -0.2) is 11.5 Å². The molecule has 104 valence electrons. The maximum Gasteiger partial charge on any atom is 0.106 e. The fraction of sp³-hybridized carbons (Fsp3) is 0.235. The van der Waals surface area contributed by atoms with Crippen molar-refractivity contribution in [1.82, 2.24) is 0 Å². The molecule has 2 nitrogen and oxygen atoms in total. The third-order valence-electron chi connectivity index (χ3n) is 3.33. The second kappa shape index (κ2) is 7.06. The summed E-state index contributed by atoms with van der Waals surface area (Å²) in [4.78, 5) is 0.444. The molecule has 0 amide bonds. The summed E-state index contributed by atoms with van der Waals surface area (Å²) < 4.78 is 0. The molecule has 0 aromatic heterocycles. The van der Waals surface area contributed by atoms with Gasteiger partial charge in [-0.25, -0.2) is 0 Å². The van der Waals surface area contributed by atoms with Gasteiger partial charge in [0.1, 0.15) is 4.99 Å².